The van der Waals surface area contributed by atoms with Crippen molar-refractivity contribution in [2.24, 2.45) is 0 Å². The summed E-state index contributed by atoms with van der Waals surface area (Å²) in [5.41, 5.74) is 0. The molecule has 0 aromatic carbocycles. The second-order valence-corrected chi connectivity index (χ2v) is 3.77. The monoisotopic (exact) mass is 231 g/mol. The van der Waals surface area contributed by atoms with Crippen LogP contribution in [0.5, 0.6) is 0 Å². The maximum Gasteiger partial charge on any atom is 0.407 e. The van der Waals surface area contributed by atoms with Gasteiger partial charge in [0.05, 0.1) is 6.61 Å². The zero-order valence-electron chi connectivity index (χ0n) is 9.46. The van der Waals surface area contributed by atoms with Crippen LogP contribution in [0.25, 0.3) is 0 Å². The number of nitrogens with one attached hydrogen (secondary N) is 1. The van der Waals surface area contributed by atoms with Gasteiger partial charge in [0.25, 0.3) is 0 Å². The first-order chi connectivity index (χ1) is 7.31. The lowest BCUT2D eigenvalue weighted by Crippen LogP contribution is -2.25. The summed E-state index contributed by atoms with van der Waals surface area (Å²) < 4.78 is 4.98. The Kier molecular flexibility index (Phi) is 10.9. The maximum atomic E-state index is 11.1. The number of hydrogen-bond acceptors (Lipinski definition) is 3. The minimum Gasteiger partial charge on any atom is -0.450 e. The quantitative estimate of drug-likeness (QED) is 0.489. The number of rotatable bonds is 9. The van der Waals surface area contributed by atoms with Gasteiger partial charge in [-0.1, -0.05) is 25.6 Å². The molecule has 0 aliphatic heterocycles. The van der Waals surface area contributed by atoms with Crippen molar-refractivity contribution >= 4 is 23.7 Å². The van der Waals surface area contributed by atoms with Crippen molar-refractivity contribution in [3.8, 4) is 0 Å². The van der Waals surface area contributed by atoms with E-state index in [1.54, 1.807) is 5.37 Å². The van der Waals surface area contributed by atoms with Gasteiger partial charge in [-0.05, 0) is 37.5 Å². The van der Waals surface area contributed by atoms with E-state index in [9.17, 15) is 4.79 Å². The van der Waals surface area contributed by atoms with E-state index in [0.717, 1.165) is 38.5 Å². The van der Waals surface area contributed by atoms with Crippen LogP contribution in [0.4, 0.5) is 4.79 Å². The smallest absolute Gasteiger partial charge is 0.407 e. The number of hydrogen-bond donors (Lipinski definition) is 1. The zero-order chi connectivity index (χ0) is 11.4. The Morgan fingerprint density at radius 1 is 1.33 bits per heavy atom. The fourth-order valence-corrected chi connectivity index (χ4v) is 1.26. The molecule has 4 heteroatoms. The molecule has 0 heterocycles. The minimum absolute atomic E-state index is 0.293. The molecule has 3 nitrogen and oxygen atoms in total. The van der Waals surface area contributed by atoms with Crippen LogP contribution in [0.2, 0.25) is 0 Å². The molecular weight excluding hydrogens is 210 g/mol. The molecule has 0 aliphatic rings. The van der Waals surface area contributed by atoms with Crippen LogP contribution in [0.3, 0.4) is 0 Å². The molecule has 15 heavy (non-hydrogen) atoms. The van der Waals surface area contributed by atoms with E-state index in [1.807, 2.05) is 0 Å². The Hall–Kier alpha value is -0.640. The molecule has 0 saturated carbocycles. The van der Waals surface area contributed by atoms with E-state index in [0.29, 0.717) is 13.2 Å². The van der Waals surface area contributed by atoms with Crippen LogP contribution in [-0.2, 0) is 4.74 Å². The number of alkyl carbamates (subject to hydrolysis) is 1. The van der Waals surface area contributed by atoms with Gasteiger partial charge in [-0.25, -0.2) is 4.79 Å². The zero-order valence-corrected chi connectivity index (χ0v) is 10.3. The molecule has 88 valence electrons. The molecule has 0 unspecified atom stereocenters. The first kappa shape index (κ1) is 14.4. The average molecular weight is 231 g/mol. The Morgan fingerprint density at radius 2 is 2.13 bits per heavy atom. The van der Waals surface area contributed by atoms with E-state index < -0.39 is 0 Å². The largest absolute Gasteiger partial charge is 0.450 e. The lowest BCUT2D eigenvalue weighted by Gasteiger charge is -2.05. The minimum atomic E-state index is -0.293. The van der Waals surface area contributed by atoms with Crippen molar-refractivity contribution in [1.29, 1.82) is 0 Å². The second-order valence-electron chi connectivity index (χ2n) is 3.43. The van der Waals surface area contributed by atoms with Crippen molar-refractivity contribution in [3.05, 3.63) is 0 Å². The Bertz CT molecular complexity index is 174. The fourth-order valence-electron chi connectivity index (χ4n) is 1.09. The first-order valence-electron chi connectivity index (χ1n) is 5.65. The van der Waals surface area contributed by atoms with E-state index >= 15 is 0 Å². The van der Waals surface area contributed by atoms with Crippen LogP contribution >= 0.6 is 12.2 Å². The molecule has 0 radical (unpaired) electrons. The third-order valence-corrected chi connectivity index (χ3v) is 2.23. The van der Waals surface area contributed by atoms with Gasteiger partial charge in [-0.2, -0.15) is 0 Å². The van der Waals surface area contributed by atoms with Gasteiger partial charge in [0.1, 0.15) is 0 Å². The lowest BCUT2D eigenvalue weighted by atomic mass is 10.2. The number of carbonyl (C=O) groups excluding carboxylic acids is 1. The maximum absolute atomic E-state index is 11.1. The summed E-state index contributed by atoms with van der Waals surface area (Å²) in [6.45, 7) is 3.30. The topological polar surface area (TPSA) is 38.3 Å². The first-order valence-corrected chi connectivity index (χ1v) is 6.12. The van der Waals surface area contributed by atoms with Crippen LogP contribution in [0, 0.1) is 0 Å². The van der Waals surface area contributed by atoms with E-state index in [-0.39, 0.29) is 6.09 Å². The summed E-state index contributed by atoms with van der Waals surface area (Å²) in [7, 11) is 0. The molecular formula is C11H21NO2S. The van der Waals surface area contributed by atoms with Crippen LogP contribution < -0.4 is 5.32 Å². The van der Waals surface area contributed by atoms with E-state index in [1.165, 1.54) is 0 Å². The number of thiocarbonyl (C=S) groups is 1. The van der Waals surface area contributed by atoms with Gasteiger partial charge in [0, 0.05) is 6.54 Å². The van der Waals surface area contributed by atoms with Crippen LogP contribution in [-0.4, -0.2) is 24.6 Å². The SMILES string of the molecule is CCCCNC(=O)OCCCCCC=S. The van der Waals surface area contributed by atoms with Crippen molar-refractivity contribution in [2.45, 2.75) is 45.4 Å². The van der Waals surface area contributed by atoms with Gasteiger partial charge < -0.3 is 10.1 Å². The second kappa shape index (κ2) is 11.4. The van der Waals surface area contributed by atoms with Crippen molar-refractivity contribution in [1.82, 2.24) is 5.32 Å². The van der Waals surface area contributed by atoms with Gasteiger partial charge >= 0.3 is 6.09 Å². The molecule has 0 aromatic heterocycles. The predicted octanol–water partition coefficient (Wildman–Crippen LogP) is 3.07. The molecule has 1 N–H and O–H groups in total. The van der Waals surface area contributed by atoms with E-state index in [4.69, 9.17) is 17.0 Å². The highest BCUT2D eigenvalue weighted by molar-refractivity contribution is 7.78. The summed E-state index contributed by atoms with van der Waals surface area (Å²) in [6, 6.07) is 0. The van der Waals surface area contributed by atoms with Crippen LogP contribution in [0.1, 0.15) is 45.4 Å². The summed E-state index contributed by atoms with van der Waals surface area (Å²) in [5.74, 6) is 0. The number of ether oxygens (including phenoxy) is 1. The van der Waals surface area contributed by atoms with Crippen molar-refractivity contribution in [3.63, 3.8) is 0 Å². The molecule has 0 aliphatic carbocycles. The Balaban J connectivity index is 3.13. The number of amides is 1. The molecule has 0 rings (SSSR count). The normalized spacial score (nSPS) is 9.67. The van der Waals surface area contributed by atoms with Crippen molar-refractivity contribution in [2.75, 3.05) is 13.2 Å². The molecule has 0 saturated heterocycles. The Morgan fingerprint density at radius 3 is 2.80 bits per heavy atom. The van der Waals surface area contributed by atoms with Crippen LogP contribution in [0.15, 0.2) is 0 Å². The third kappa shape index (κ3) is 11.3. The molecule has 0 bridgehead atoms. The number of unbranched alkanes of at least 4 members (excludes halogenated alkanes) is 4. The molecule has 0 spiro atoms. The summed E-state index contributed by atoms with van der Waals surface area (Å²) >= 11 is 4.71. The summed E-state index contributed by atoms with van der Waals surface area (Å²) in [6.07, 6.45) is 5.84. The average Bonchev–Trinajstić information content (AvgIpc) is 2.23. The van der Waals surface area contributed by atoms with Crippen molar-refractivity contribution < 1.29 is 9.53 Å². The summed E-state index contributed by atoms with van der Waals surface area (Å²) in [4.78, 5) is 11.1. The standard InChI is InChI=1S/C11H21NO2S/c1-2-3-8-12-11(13)14-9-6-4-5-7-10-15/h10H,2-9H2,1H3,(H,12,13). The fraction of sp³-hybridized carbons (Fsp3) is 0.818. The van der Waals surface area contributed by atoms with Gasteiger partial charge in [-0.3, -0.25) is 0 Å². The molecule has 0 atom stereocenters. The van der Waals surface area contributed by atoms with Gasteiger partial charge in [-0.15, -0.1) is 0 Å². The highest BCUT2D eigenvalue weighted by Gasteiger charge is 1.99. The van der Waals surface area contributed by atoms with Gasteiger partial charge in [0.15, 0.2) is 0 Å². The molecule has 0 fully saturated rings. The highest BCUT2D eigenvalue weighted by atomic mass is 32.1. The summed E-state index contributed by atoms with van der Waals surface area (Å²) in [5, 5.41) is 4.45. The van der Waals surface area contributed by atoms with E-state index in [2.05, 4.69) is 12.2 Å². The Labute approximate surface area is 97.6 Å². The lowest BCUT2D eigenvalue weighted by molar-refractivity contribution is 0.144. The molecule has 0 aromatic rings. The molecule has 1 amide bonds. The third-order valence-electron chi connectivity index (χ3n) is 2.00. The highest BCUT2D eigenvalue weighted by Crippen LogP contribution is 1.98. The van der Waals surface area contributed by atoms with Gasteiger partial charge in [0.2, 0.25) is 0 Å². The predicted molar refractivity (Wildman–Crippen MR) is 66.4 cm³/mol. The number of carbonyl (C=O) groups is 1.